The minimum Gasteiger partial charge on any atom is -0.309 e. The summed E-state index contributed by atoms with van der Waals surface area (Å²) in [5, 5.41) is 15.5. The van der Waals surface area contributed by atoms with Gasteiger partial charge in [-0.15, -0.1) is 0 Å². The molecule has 5 nitrogen and oxygen atoms in total. The first-order valence-corrected chi connectivity index (χ1v) is 21.5. The minimum absolute atomic E-state index is 0.439. The number of hydrogen-bond acceptors (Lipinski definition) is 3. The second kappa shape index (κ2) is 15.3. The van der Waals surface area contributed by atoms with Crippen molar-refractivity contribution in [2.45, 2.75) is 0 Å². The average Bonchev–Trinajstić information content (AvgIpc) is 3.87. The maximum Gasteiger partial charge on any atom is 0.160 e. The first kappa shape index (κ1) is 37.0. The zero-order valence-corrected chi connectivity index (χ0v) is 34.6. The number of hydrogen-bond donors (Lipinski definition) is 0. The van der Waals surface area contributed by atoms with Gasteiger partial charge in [0, 0.05) is 55.0 Å². The molecule has 0 spiro atoms. The molecule has 0 fully saturated rings. The lowest BCUT2D eigenvalue weighted by atomic mass is 9.92. The smallest absolute Gasteiger partial charge is 0.160 e. The van der Waals surface area contributed by atoms with Gasteiger partial charge in [0.25, 0.3) is 0 Å². The average molecular weight is 816 g/mol. The van der Waals surface area contributed by atoms with Crippen molar-refractivity contribution in [2.75, 3.05) is 0 Å². The van der Waals surface area contributed by atoms with Gasteiger partial charge in [-0.2, -0.15) is 5.26 Å². The minimum atomic E-state index is 0.439. The van der Waals surface area contributed by atoms with Gasteiger partial charge < -0.3 is 9.13 Å². The van der Waals surface area contributed by atoms with E-state index in [0.29, 0.717) is 22.8 Å². The summed E-state index contributed by atoms with van der Waals surface area (Å²) in [4.78, 5) is 10.6. The molecule has 12 aromatic rings. The predicted molar refractivity (Wildman–Crippen MR) is 263 cm³/mol. The van der Waals surface area contributed by atoms with Gasteiger partial charge >= 0.3 is 0 Å². The van der Waals surface area contributed by atoms with Crippen LogP contribution >= 0.6 is 0 Å². The van der Waals surface area contributed by atoms with Gasteiger partial charge in [-0.3, -0.25) is 0 Å². The van der Waals surface area contributed by atoms with Crippen LogP contribution in [0.15, 0.2) is 224 Å². The van der Waals surface area contributed by atoms with E-state index < -0.39 is 0 Å². The molecule has 0 unspecified atom stereocenters. The molecule has 0 amide bonds. The van der Waals surface area contributed by atoms with Crippen LogP contribution in [-0.2, 0) is 0 Å². The zero-order chi connectivity index (χ0) is 42.6. The lowest BCUT2D eigenvalue weighted by molar-refractivity contribution is 1.15. The van der Waals surface area contributed by atoms with Crippen molar-refractivity contribution in [2.24, 2.45) is 0 Å². The Morgan fingerprint density at radius 2 is 0.750 bits per heavy atom. The summed E-state index contributed by atoms with van der Waals surface area (Å²) >= 11 is 0. The van der Waals surface area contributed by atoms with Crippen molar-refractivity contribution in [3.63, 3.8) is 0 Å². The van der Waals surface area contributed by atoms with Crippen LogP contribution in [0.5, 0.6) is 0 Å². The molecular weight excluding hydrogens is 779 g/mol. The highest BCUT2D eigenvalue weighted by atomic mass is 15.0. The van der Waals surface area contributed by atoms with Crippen LogP contribution in [-0.4, -0.2) is 19.1 Å². The van der Waals surface area contributed by atoms with E-state index in [4.69, 9.17) is 9.97 Å². The van der Waals surface area contributed by atoms with Gasteiger partial charge in [0.05, 0.1) is 39.1 Å². The lowest BCUT2D eigenvalue weighted by Crippen LogP contribution is -2.04. The van der Waals surface area contributed by atoms with E-state index in [9.17, 15) is 5.26 Å². The van der Waals surface area contributed by atoms with Crippen molar-refractivity contribution >= 4 is 43.6 Å². The molecule has 5 heteroatoms. The first-order chi connectivity index (χ1) is 31.7. The number of benzene rings is 9. The molecule has 0 radical (unpaired) electrons. The van der Waals surface area contributed by atoms with Crippen molar-refractivity contribution in [1.82, 2.24) is 19.1 Å². The Labute approximate surface area is 370 Å². The van der Waals surface area contributed by atoms with Crippen LogP contribution in [0.4, 0.5) is 0 Å². The second-order valence-electron chi connectivity index (χ2n) is 16.0. The summed E-state index contributed by atoms with van der Waals surface area (Å²) in [6.07, 6.45) is 0. The molecule has 12 rings (SSSR count). The van der Waals surface area contributed by atoms with E-state index in [0.717, 1.165) is 66.9 Å². The fraction of sp³-hybridized carbons (Fsp3) is 0. The maximum atomic E-state index is 10.7. The molecule has 64 heavy (non-hydrogen) atoms. The Hall–Kier alpha value is -8.85. The van der Waals surface area contributed by atoms with E-state index in [1.165, 1.54) is 27.1 Å². The molecule has 0 saturated heterocycles. The van der Waals surface area contributed by atoms with Crippen molar-refractivity contribution in [1.29, 1.82) is 5.26 Å². The summed E-state index contributed by atoms with van der Waals surface area (Å²) < 4.78 is 4.86. The zero-order valence-electron chi connectivity index (χ0n) is 34.6. The fourth-order valence-corrected chi connectivity index (χ4v) is 9.51. The molecule has 0 N–H and O–H groups in total. The van der Waals surface area contributed by atoms with Gasteiger partial charge in [-0.25, -0.2) is 9.97 Å². The number of para-hydroxylation sites is 3. The first-order valence-electron chi connectivity index (χ1n) is 21.5. The molecule has 0 aliphatic heterocycles. The molecule has 0 saturated carbocycles. The summed E-state index contributed by atoms with van der Waals surface area (Å²) in [6, 6.07) is 81.0. The van der Waals surface area contributed by atoms with E-state index in [1.54, 1.807) is 0 Å². The normalized spacial score (nSPS) is 11.4. The fourth-order valence-electron chi connectivity index (χ4n) is 9.51. The number of aromatic nitrogens is 4. The van der Waals surface area contributed by atoms with Gasteiger partial charge in [0.1, 0.15) is 11.6 Å². The number of rotatable bonds is 7. The van der Waals surface area contributed by atoms with E-state index in [2.05, 4.69) is 179 Å². The second-order valence-corrected chi connectivity index (χ2v) is 16.0. The summed E-state index contributed by atoms with van der Waals surface area (Å²) in [5.74, 6) is 0.536. The number of nitrogens with zero attached hydrogens (tertiary/aromatic N) is 5. The summed E-state index contributed by atoms with van der Waals surface area (Å²) in [7, 11) is 0. The van der Waals surface area contributed by atoms with Crippen LogP contribution < -0.4 is 0 Å². The Balaban J connectivity index is 1.22. The van der Waals surface area contributed by atoms with Gasteiger partial charge in [-0.1, -0.05) is 176 Å². The van der Waals surface area contributed by atoms with E-state index >= 15 is 0 Å². The Bertz CT molecular complexity index is 3630. The third-order valence-corrected chi connectivity index (χ3v) is 12.4. The van der Waals surface area contributed by atoms with Crippen LogP contribution in [0.3, 0.4) is 0 Å². The molecule has 0 aliphatic carbocycles. The Morgan fingerprint density at radius 3 is 1.23 bits per heavy atom. The summed E-state index contributed by atoms with van der Waals surface area (Å²) in [5.41, 5.74) is 15.0. The highest BCUT2D eigenvalue weighted by Crippen LogP contribution is 2.46. The number of nitriles is 1. The molecule has 3 aromatic heterocycles. The molecule has 0 atom stereocenters. The molecular formula is C59H37N5. The molecule has 0 aliphatic rings. The topological polar surface area (TPSA) is 59.4 Å². The maximum absolute atomic E-state index is 10.7. The van der Waals surface area contributed by atoms with Crippen LogP contribution in [0, 0.1) is 11.3 Å². The van der Waals surface area contributed by atoms with Crippen molar-refractivity contribution in [3.8, 4) is 73.6 Å². The van der Waals surface area contributed by atoms with Crippen LogP contribution in [0.2, 0.25) is 0 Å². The quantitative estimate of drug-likeness (QED) is 0.161. The SMILES string of the molecule is N#Cc1c(-c2ccccc2)nc(-c2cc(-c3ccccc3)c(-n3c4ccccc4c4cc5c6ccccc6n(-c6ccccc6)c5cc43)c(-c3ccccc3)c2)nc1-c1ccccc1. The standard InChI is InChI=1S/C59H37N5/c60-38-51-56(41-24-10-3-11-25-41)61-59(62-57(51)42-26-12-4-13-27-42)43-34-47(39-20-6-1-7-21-39)58(48(35-43)40-22-8-2-9-23-40)64-53-33-19-17-31-46(53)50-36-49-45-30-16-18-32-52(45)63(54(49)37-55(50)64)44-28-14-5-15-29-44/h1-37H. The molecule has 0 bridgehead atoms. The molecule has 298 valence electrons. The van der Waals surface area contributed by atoms with Gasteiger partial charge in [0.2, 0.25) is 0 Å². The molecule has 3 heterocycles. The highest BCUT2D eigenvalue weighted by Gasteiger charge is 2.25. The van der Waals surface area contributed by atoms with E-state index in [-0.39, 0.29) is 0 Å². The van der Waals surface area contributed by atoms with Crippen LogP contribution in [0.1, 0.15) is 5.56 Å². The Kier molecular flexibility index (Phi) is 8.81. The largest absolute Gasteiger partial charge is 0.309 e. The predicted octanol–water partition coefficient (Wildman–Crippen LogP) is 14.9. The third kappa shape index (κ3) is 6.00. The van der Waals surface area contributed by atoms with E-state index in [1.807, 2.05) is 60.7 Å². The highest BCUT2D eigenvalue weighted by molar-refractivity contribution is 6.19. The van der Waals surface area contributed by atoms with Crippen molar-refractivity contribution in [3.05, 3.63) is 230 Å². The summed E-state index contributed by atoms with van der Waals surface area (Å²) in [6.45, 7) is 0. The number of fused-ring (bicyclic) bond motifs is 6. The van der Waals surface area contributed by atoms with Gasteiger partial charge in [-0.05, 0) is 59.7 Å². The third-order valence-electron chi connectivity index (χ3n) is 12.4. The lowest BCUT2D eigenvalue weighted by Gasteiger charge is -2.21. The molecule has 9 aromatic carbocycles. The Morgan fingerprint density at radius 1 is 0.344 bits per heavy atom. The van der Waals surface area contributed by atoms with Gasteiger partial charge in [0.15, 0.2) is 5.82 Å². The monoisotopic (exact) mass is 815 g/mol. The van der Waals surface area contributed by atoms with Crippen molar-refractivity contribution < 1.29 is 0 Å². The van der Waals surface area contributed by atoms with Crippen LogP contribution in [0.25, 0.3) is 111 Å².